The third-order valence-electron chi connectivity index (χ3n) is 2.71. The second-order valence-corrected chi connectivity index (χ2v) is 4.09. The van der Waals surface area contributed by atoms with Gasteiger partial charge in [-0.2, -0.15) is 5.26 Å². The van der Waals surface area contributed by atoms with Gasteiger partial charge in [0.25, 0.3) is 0 Å². The van der Waals surface area contributed by atoms with Crippen molar-refractivity contribution in [2.45, 2.75) is 13.5 Å². The van der Waals surface area contributed by atoms with E-state index in [2.05, 4.69) is 6.07 Å². The molecule has 3 heteroatoms. The van der Waals surface area contributed by atoms with Gasteiger partial charge in [-0.15, -0.1) is 0 Å². The van der Waals surface area contributed by atoms with Crippen LogP contribution in [-0.4, -0.2) is 0 Å². The number of nitriles is 1. The fourth-order valence-corrected chi connectivity index (χ4v) is 1.70. The van der Waals surface area contributed by atoms with Crippen LogP contribution in [0, 0.1) is 18.3 Å². The minimum absolute atomic E-state index is 0.445. The van der Waals surface area contributed by atoms with Crippen LogP contribution in [0.2, 0.25) is 0 Å². The lowest BCUT2D eigenvalue weighted by atomic mass is 10.1. The van der Waals surface area contributed by atoms with Crippen molar-refractivity contribution in [3.63, 3.8) is 0 Å². The summed E-state index contributed by atoms with van der Waals surface area (Å²) in [6.45, 7) is 2.41. The molecule has 0 unspecified atom stereocenters. The summed E-state index contributed by atoms with van der Waals surface area (Å²) >= 11 is 0. The maximum Gasteiger partial charge on any atom is 0.145 e. The summed E-state index contributed by atoms with van der Waals surface area (Å²) in [5.74, 6) is 0.724. The first-order chi connectivity index (χ1) is 8.70. The van der Waals surface area contributed by atoms with Gasteiger partial charge in [-0.1, -0.05) is 24.3 Å². The number of anilines is 1. The van der Waals surface area contributed by atoms with Crippen LogP contribution >= 0.6 is 0 Å². The number of para-hydroxylation sites is 1. The fourth-order valence-electron chi connectivity index (χ4n) is 1.70. The highest BCUT2D eigenvalue weighted by Gasteiger charge is 2.04. The third kappa shape index (κ3) is 2.61. The molecule has 2 aromatic carbocycles. The summed E-state index contributed by atoms with van der Waals surface area (Å²) in [6, 6.07) is 15.1. The zero-order valence-electron chi connectivity index (χ0n) is 10.2. The van der Waals surface area contributed by atoms with Crippen LogP contribution in [0.15, 0.2) is 42.5 Å². The Morgan fingerprint density at radius 1 is 1.17 bits per heavy atom. The van der Waals surface area contributed by atoms with Crippen LogP contribution in [-0.2, 0) is 6.61 Å². The lowest BCUT2D eigenvalue weighted by Gasteiger charge is -2.11. The van der Waals surface area contributed by atoms with E-state index in [0.29, 0.717) is 17.9 Å². The molecule has 0 aliphatic rings. The molecule has 0 saturated carbocycles. The van der Waals surface area contributed by atoms with Crippen LogP contribution in [0.3, 0.4) is 0 Å². The molecule has 0 fully saturated rings. The number of rotatable bonds is 3. The number of hydrogen-bond donors (Lipinski definition) is 1. The molecule has 0 amide bonds. The number of aryl methyl sites for hydroxylation is 1. The van der Waals surface area contributed by atoms with E-state index < -0.39 is 0 Å². The van der Waals surface area contributed by atoms with Crippen LogP contribution in [0.4, 0.5) is 5.69 Å². The Balaban J connectivity index is 2.09. The predicted molar refractivity (Wildman–Crippen MR) is 71.1 cm³/mol. The van der Waals surface area contributed by atoms with Crippen molar-refractivity contribution in [3.05, 3.63) is 59.2 Å². The number of nitrogen functional groups attached to an aromatic ring is 1. The lowest BCUT2D eigenvalue weighted by Crippen LogP contribution is -2.00. The smallest absolute Gasteiger partial charge is 0.145 e. The van der Waals surface area contributed by atoms with Crippen molar-refractivity contribution >= 4 is 5.69 Å². The molecule has 0 radical (unpaired) electrons. The van der Waals surface area contributed by atoms with Crippen molar-refractivity contribution in [3.8, 4) is 11.8 Å². The van der Waals surface area contributed by atoms with Crippen LogP contribution in [0.1, 0.15) is 16.7 Å². The molecular formula is C15H14N2O. The molecule has 0 aliphatic heterocycles. The highest BCUT2D eigenvalue weighted by molar-refractivity contribution is 5.56. The minimum atomic E-state index is 0.445. The minimum Gasteiger partial charge on any atom is -0.486 e. The summed E-state index contributed by atoms with van der Waals surface area (Å²) in [6.07, 6.45) is 0. The Hall–Kier alpha value is -2.47. The summed E-state index contributed by atoms with van der Waals surface area (Å²) in [5.41, 5.74) is 9.18. The van der Waals surface area contributed by atoms with E-state index in [1.165, 1.54) is 0 Å². The van der Waals surface area contributed by atoms with Gasteiger partial charge in [-0.05, 0) is 36.2 Å². The molecule has 90 valence electrons. The Bertz CT molecular complexity index is 562. The monoisotopic (exact) mass is 238 g/mol. The molecule has 0 aliphatic carbocycles. The molecule has 0 heterocycles. The van der Waals surface area contributed by atoms with Gasteiger partial charge in [-0.25, -0.2) is 0 Å². The number of ether oxygens (including phenoxy) is 1. The SMILES string of the molecule is Cc1cccc(N)c1OCc1ccc(C#N)cc1. The van der Waals surface area contributed by atoms with Crippen molar-refractivity contribution in [2.24, 2.45) is 0 Å². The first-order valence-corrected chi connectivity index (χ1v) is 5.67. The zero-order valence-corrected chi connectivity index (χ0v) is 10.2. The molecule has 0 bridgehead atoms. The van der Waals surface area contributed by atoms with E-state index in [4.69, 9.17) is 15.7 Å². The van der Waals surface area contributed by atoms with Gasteiger partial charge in [0.2, 0.25) is 0 Å². The van der Waals surface area contributed by atoms with Gasteiger partial charge in [0.1, 0.15) is 12.4 Å². The largest absolute Gasteiger partial charge is 0.486 e. The Kier molecular flexibility index (Phi) is 3.49. The van der Waals surface area contributed by atoms with Gasteiger partial charge >= 0.3 is 0 Å². The standard InChI is InChI=1S/C15H14N2O/c1-11-3-2-4-14(17)15(11)18-10-13-7-5-12(9-16)6-8-13/h2-8H,10,17H2,1H3. The van der Waals surface area contributed by atoms with Crippen molar-refractivity contribution in [1.82, 2.24) is 0 Å². The molecule has 0 aromatic heterocycles. The first kappa shape index (κ1) is 12.0. The molecule has 2 aromatic rings. The van der Waals surface area contributed by atoms with E-state index >= 15 is 0 Å². The number of nitrogens with two attached hydrogens (primary N) is 1. The van der Waals surface area contributed by atoms with Gasteiger partial charge in [-0.3, -0.25) is 0 Å². The first-order valence-electron chi connectivity index (χ1n) is 5.67. The third-order valence-corrected chi connectivity index (χ3v) is 2.71. The Morgan fingerprint density at radius 2 is 1.89 bits per heavy atom. The van der Waals surface area contributed by atoms with Crippen molar-refractivity contribution in [1.29, 1.82) is 5.26 Å². The molecule has 0 saturated heterocycles. The Morgan fingerprint density at radius 3 is 2.50 bits per heavy atom. The molecule has 2 N–H and O–H groups in total. The predicted octanol–water partition coefficient (Wildman–Crippen LogP) is 3.03. The van der Waals surface area contributed by atoms with E-state index in [1.54, 1.807) is 12.1 Å². The second-order valence-electron chi connectivity index (χ2n) is 4.09. The maximum absolute atomic E-state index is 8.71. The number of benzene rings is 2. The normalized spacial score (nSPS) is 9.78. The highest BCUT2D eigenvalue weighted by atomic mass is 16.5. The summed E-state index contributed by atoms with van der Waals surface area (Å²) in [7, 11) is 0. The molecule has 0 atom stereocenters. The number of hydrogen-bond acceptors (Lipinski definition) is 3. The zero-order chi connectivity index (χ0) is 13.0. The molecular weight excluding hydrogens is 224 g/mol. The number of nitrogens with zero attached hydrogens (tertiary/aromatic N) is 1. The second kappa shape index (κ2) is 5.24. The lowest BCUT2D eigenvalue weighted by molar-refractivity contribution is 0.306. The summed E-state index contributed by atoms with van der Waals surface area (Å²) in [4.78, 5) is 0. The fraction of sp³-hybridized carbons (Fsp3) is 0.133. The maximum atomic E-state index is 8.71. The average molecular weight is 238 g/mol. The van der Waals surface area contributed by atoms with Gasteiger partial charge < -0.3 is 10.5 Å². The molecule has 3 nitrogen and oxygen atoms in total. The topological polar surface area (TPSA) is 59.0 Å². The van der Waals surface area contributed by atoms with Gasteiger partial charge in [0.05, 0.1) is 17.3 Å². The molecule has 0 spiro atoms. The van der Waals surface area contributed by atoms with Crippen LogP contribution < -0.4 is 10.5 Å². The van der Waals surface area contributed by atoms with Crippen LogP contribution in [0.25, 0.3) is 0 Å². The van der Waals surface area contributed by atoms with E-state index in [0.717, 1.165) is 16.9 Å². The van der Waals surface area contributed by atoms with E-state index in [1.807, 2.05) is 37.3 Å². The Labute approximate surface area is 106 Å². The molecule has 2 rings (SSSR count). The van der Waals surface area contributed by atoms with Crippen molar-refractivity contribution in [2.75, 3.05) is 5.73 Å². The molecule has 18 heavy (non-hydrogen) atoms. The quantitative estimate of drug-likeness (QED) is 0.836. The highest BCUT2D eigenvalue weighted by Crippen LogP contribution is 2.26. The van der Waals surface area contributed by atoms with Gasteiger partial charge in [0.15, 0.2) is 0 Å². The van der Waals surface area contributed by atoms with E-state index in [9.17, 15) is 0 Å². The summed E-state index contributed by atoms with van der Waals surface area (Å²) < 4.78 is 5.72. The summed E-state index contributed by atoms with van der Waals surface area (Å²) in [5, 5.41) is 8.71. The van der Waals surface area contributed by atoms with E-state index in [-0.39, 0.29) is 0 Å². The average Bonchev–Trinajstić information content (AvgIpc) is 2.39. The van der Waals surface area contributed by atoms with Gasteiger partial charge in [0, 0.05) is 0 Å². The van der Waals surface area contributed by atoms with Crippen molar-refractivity contribution < 1.29 is 4.74 Å². The van der Waals surface area contributed by atoms with Crippen LogP contribution in [0.5, 0.6) is 5.75 Å².